The van der Waals surface area contributed by atoms with Crippen molar-refractivity contribution >= 4 is 49.9 Å². The van der Waals surface area contributed by atoms with Gasteiger partial charge in [0.05, 0.1) is 49.3 Å². The zero-order valence-electron chi connectivity index (χ0n) is 25.2. The summed E-state index contributed by atoms with van der Waals surface area (Å²) in [7, 11) is 0. The van der Waals surface area contributed by atoms with E-state index in [9.17, 15) is 0 Å². The Balaban J connectivity index is 0.00000150. The number of rotatable bonds is 0. The van der Waals surface area contributed by atoms with Crippen molar-refractivity contribution in [3.05, 3.63) is 0 Å². The van der Waals surface area contributed by atoms with Crippen LogP contribution < -0.4 is 42.5 Å². The van der Waals surface area contributed by atoms with Crippen molar-refractivity contribution in [1.29, 1.82) is 0 Å². The van der Waals surface area contributed by atoms with E-state index in [4.69, 9.17) is 11.6 Å². The Labute approximate surface area is 289 Å². The van der Waals surface area contributed by atoms with Crippen LogP contribution in [0.2, 0.25) is 0 Å². The fourth-order valence-corrected chi connectivity index (χ4v) is 12.5. The van der Waals surface area contributed by atoms with Gasteiger partial charge in [0, 0.05) is 11.3 Å². The number of hydrogen-bond acceptors (Lipinski definition) is 8. The number of halogens is 2. The molecule has 0 radical (unpaired) electrons. The van der Waals surface area contributed by atoms with Gasteiger partial charge in [-0.05, 0) is 92.8 Å². The van der Waals surface area contributed by atoms with Crippen LogP contribution in [0, 0.1) is 47.3 Å². The molecule has 9 aliphatic rings. The first-order chi connectivity index (χ1) is 20.2. The Kier molecular flexibility index (Phi) is 10.3. The van der Waals surface area contributed by atoms with Crippen LogP contribution in [0.1, 0.15) is 96.3 Å². The maximum atomic E-state index is 7.19. The molecule has 0 aromatic carbocycles. The molecule has 5 saturated heterocycles. The van der Waals surface area contributed by atoms with Gasteiger partial charge in [-0.3, -0.25) is 42.5 Å². The van der Waals surface area contributed by atoms with E-state index in [0.717, 1.165) is 18.3 Å². The first-order valence-electron chi connectivity index (χ1n) is 17.9. The number of nitrogens with one attached hydrogen (secondary N) is 8. The predicted octanol–water partition coefficient (Wildman–Crippen LogP) is 2.06. The molecule has 0 spiro atoms. The predicted molar refractivity (Wildman–Crippen MR) is 179 cm³/mol. The molecule has 0 amide bonds. The summed E-state index contributed by atoms with van der Waals surface area (Å²) >= 11 is 7.19. The molecule has 11 heteroatoms. The molecule has 0 aromatic rings. The molecule has 9 fully saturated rings. The van der Waals surface area contributed by atoms with Gasteiger partial charge < -0.3 is 0 Å². The monoisotopic (exact) mass is 740 g/mol. The quantitative estimate of drug-likeness (QED) is 0.179. The molecule has 8 nitrogen and oxygen atoms in total. The van der Waals surface area contributed by atoms with E-state index in [2.05, 4.69) is 42.5 Å². The van der Waals surface area contributed by atoms with Crippen LogP contribution in [-0.2, 0) is 0 Å². The molecule has 244 valence electrons. The summed E-state index contributed by atoms with van der Waals surface area (Å²) < 4.78 is 0. The molecule has 5 heterocycles. The number of hydrogen-bond donors (Lipinski definition) is 8. The average molecular weight is 742 g/mol. The Bertz CT molecular complexity index is 964. The van der Waals surface area contributed by atoms with Crippen molar-refractivity contribution < 1.29 is 0 Å². The van der Waals surface area contributed by atoms with E-state index in [0.29, 0.717) is 78.7 Å². The van der Waals surface area contributed by atoms with Crippen molar-refractivity contribution in [2.24, 2.45) is 47.3 Å². The van der Waals surface area contributed by atoms with E-state index in [1.807, 2.05) is 0 Å². The standard InChI is InChI=1S/C32H55ClN8.ClH.In.3H/c33-23-15-7-14-22-24(23)32-40-30-21-13-6-5-12-20(21)28(38-30)36-26-17-9-2-1-8-16(17)25(34-26)35-27-18-10-3-4-11-19(18)29(37-27)39-31(22)41-32;;;;;/h16-32,34-41H,1-15H2;1H;;;;. The zero-order valence-corrected chi connectivity index (χ0v) is 26.8. The van der Waals surface area contributed by atoms with Gasteiger partial charge in [0.15, 0.2) is 0 Å². The second-order valence-corrected chi connectivity index (χ2v) is 16.2. The zero-order chi connectivity index (χ0) is 27.1. The summed E-state index contributed by atoms with van der Waals surface area (Å²) in [6.45, 7) is 0. The summed E-state index contributed by atoms with van der Waals surface area (Å²) in [6.07, 6.45) is 22.9. The van der Waals surface area contributed by atoms with Crippen LogP contribution in [0.25, 0.3) is 0 Å². The fraction of sp³-hybridized carbons (Fsp3) is 1.00. The van der Waals surface area contributed by atoms with Gasteiger partial charge in [-0.25, -0.2) is 0 Å². The molecule has 17 unspecified atom stereocenters. The Hall–Kier alpha value is 1.13. The minimum absolute atomic E-state index is 0. The summed E-state index contributed by atoms with van der Waals surface area (Å²) in [5.41, 5.74) is 0. The molecule has 4 saturated carbocycles. The van der Waals surface area contributed by atoms with E-state index >= 15 is 0 Å². The molecular weight excluding hydrogens is 682 g/mol. The van der Waals surface area contributed by atoms with E-state index in [-0.39, 0.29) is 49.8 Å². The van der Waals surface area contributed by atoms with Crippen molar-refractivity contribution in [3.63, 3.8) is 0 Å². The summed E-state index contributed by atoms with van der Waals surface area (Å²) in [5.74, 6) is 5.34. The SMILES string of the molecule is Cl.ClC1CCCC2C3NC4NC(NC5NC(NC6NC(NC(N3)C12)C1CCCCC61)C1CCCCC51)C1CCCCC41.[InH3]. The van der Waals surface area contributed by atoms with Crippen LogP contribution in [0.5, 0.6) is 0 Å². The molecule has 17 atom stereocenters. The van der Waals surface area contributed by atoms with Gasteiger partial charge in [-0.15, -0.1) is 24.0 Å². The minimum atomic E-state index is 0. The average Bonchev–Trinajstić information content (AvgIpc) is 3.73. The van der Waals surface area contributed by atoms with Crippen LogP contribution >= 0.6 is 24.0 Å². The van der Waals surface area contributed by atoms with Crippen LogP contribution in [0.3, 0.4) is 0 Å². The Morgan fingerprint density at radius 3 is 0.907 bits per heavy atom. The molecule has 43 heavy (non-hydrogen) atoms. The van der Waals surface area contributed by atoms with Gasteiger partial charge >= 0.3 is 25.8 Å². The van der Waals surface area contributed by atoms with Crippen molar-refractivity contribution in [2.75, 3.05) is 0 Å². The van der Waals surface area contributed by atoms with Crippen molar-refractivity contribution in [1.82, 2.24) is 42.5 Å². The molecule has 4 aliphatic carbocycles. The van der Waals surface area contributed by atoms with Gasteiger partial charge in [-0.1, -0.05) is 44.9 Å². The van der Waals surface area contributed by atoms with Crippen LogP contribution in [0.15, 0.2) is 0 Å². The molecular formula is C32H59Cl2InN8. The number of fused-ring (bicyclic) bond motifs is 20. The molecule has 8 N–H and O–H groups in total. The normalized spacial score (nSPS) is 55.6. The van der Waals surface area contributed by atoms with Gasteiger partial charge in [0.2, 0.25) is 0 Å². The van der Waals surface area contributed by atoms with Crippen LogP contribution in [0.4, 0.5) is 0 Å². The Morgan fingerprint density at radius 2 is 0.581 bits per heavy atom. The Morgan fingerprint density at radius 1 is 0.326 bits per heavy atom. The molecule has 8 bridgehead atoms. The third-order valence-electron chi connectivity index (χ3n) is 13.8. The second kappa shape index (κ2) is 13.6. The molecule has 0 aromatic heterocycles. The summed E-state index contributed by atoms with van der Waals surface area (Å²) in [6, 6.07) is 0. The topological polar surface area (TPSA) is 96.2 Å². The second-order valence-electron chi connectivity index (χ2n) is 15.7. The van der Waals surface area contributed by atoms with Crippen molar-refractivity contribution in [3.8, 4) is 0 Å². The third kappa shape index (κ3) is 5.80. The van der Waals surface area contributed by atoms with E-state index < -0.39 is 0 Å². The van der Waals surface area contributed by atoms with Gasteiger partial charge in [0.1, 0.15) is 0 Å². The first-order valence-corrected chi connectivity index (χ1v) is 18.4. The van der Waals surface area contributed by atoms with E-state index in [1.54, 1.807) is 0 Å². The van der Waals surface area contributed by atoms with Gasteiger partial charge in [0.25, 0.3) is 0 Å². The summed E-state index contributed by atoms with van der Waals surface area (Å²) in [5, 5.41) is 33.8. The fourth-order valence-electron chi connectivity index (χ4n) is 12.0. The molecule has 9 rings (SSSR count). The van der Waals surface area contributed by atoms with Crippen LogP contribution in [-0.4, -0.2) is 80.5 Å². The molecule has 5 aliphatic heterocycles. The first kappa shape index (κ1) is 32.7. The maximum absolute atomic E-state index is 7.19. The number of alkyl halides is 1. The van der Waals surface area contributed by atoms with Crippen molar-refractivity contribution in [2.45, 2.75) is 151 Å². The van der Waals surface area contributed by atoms with E-state index in [1.165, 1.54) is 89.9 Å². The van der Waals surface area contributed by atoms with Gasteiger partial charge in [-0.2, -0.15) is 0 Å². The summed E-state index contributed by atoms with van der Waals surface area (Å²) in [4.78, 5) is 0. The third-order valence-corrected chi connectivity index (χ3v) is 14.3.